The molecule has 0 spiro atoms. The van der Waals surface area contributed by atoms with Gasteiger partial charge in [0.05, 0.1) is 39.1 Å². The summed E-state index contributed by atoms with van der Waals surface area (Å²) in [5, 5.41) is 23.6. The quantitative estimate of drug-likeness (QED) is 0.174. The molecule has 0 saturated carbocycles. The topological polar surface area (TPSA) is 85.9 Å². The van der Waals surface area contributed by atoms with Crippen LogP contribution in [0.4, 0.5) is 21.5 Å². The average molecular weight is 644 g/mol. The maximum Gasteiger partial charge on any atom is 0.141 e. The monoisotopic (exact) mass is 642 g/mol. The first-order valence-corrected chi connectivity index (χ1v) is 15.9. The van der Waals surface area contributed by atoms with Gasteiger partial charge in [-0.25, -0.2) is 9.07 Å². The lowest BCUT2D eigenvalue weighted by atomic mass is 10.00. The summed E-state index contributed by atoms with van der Waals surface area (Å²) in [5.74, 6) is -0.526. The largest absolute Gasteiger partial charge is 0.359 e. The predicted octanol–water partition coefficient (Wildman–Crippen LogP) is 8.16. The van der Waals surface area contributed by atoms with Gasteiger partial charge >= 0.3 is 0 Å². The molecule has 1 saturated heterocycles. The number of piperidine rings is 1. The highest BCUT2D eigenvalue weighted by atomic mass is 35.5. The van der Waals surface area contributed by atoms with E-state index in [1.807, 2.05) is 35.0 Å². The molecule has 11 heteroatoms. The van der Waals surface area contributed by atoms with Crippen LogP contribution < -0.4 is 10.2 Å². The minimum atomic E-state index is -0.526. The van der Waals surface area contributed by atoms with E-state index < -0.39 is 5.82 Å². The van der Waals surface area contributed by atoms with Crippen molar-refractivity contribution in [1.29, 1.82) is 5.26 Å². The molecule has 2 aromatic heterocycles. The zero-order valence-electron chi connectivity index (χ0n) is 25.1. The van der Waals surface area contributed by atoms with Gasteiger partial charge in [-0.15, -0.1) is 5.10 Å². The Balaban J connectivity index is 1.44. The van der Waals surface area contributed by atoms with Crippen LogP contribution in [0.25, 0.3) is 10.9 Å². The van der Waals surface area contributed by atoms with Gasteiger partial charge in [0, 0.05) is 42.6 Å². The molecular formula is C34H33Cl2FN8. The minimum Gasteiger partial charge on any atom is -0.359 e. The van der Waals surface area contributed by atoms with Gasteiger partial charge in [0.15, 0.2) is 0 Å². The molecule has 0 bridgehead atoms. The fourth-order valence-electron chi connectivity index (χ4n) is 6.10. The summed E-state index contributed by atoms with van der Waals surface area (Å²) in [7, 11) is 0. The summed E-state index contributed by atoms with van der Waals surface area (Å²) in [6, 6.07) is 20.7. The van der Waals surface area contributed by atoms with Crippen molar-refractivity contribution in [1.82, 2.24) is 24.9 Å². The van der Waals surface area contributed by atoms with E-state index in [2.05, 4.69) is 63.6 Å². The molecule has 6 rings (SSSR count). The van der Waals surface area contributed by atoms with Crippen LogP contribution in [0.1, 0.15) is 55.6 Å². The van der Waals surface area contributed by atoms with Crippen molar-refractivity contribution in [3.05, 3.63) is 106 Å². The van der Waals surface area contributed by atoms with Crippen LogP contribution >= 0.6 is 23.2 Å². The lowest BCUT2D eigenvalue weighted by Gasteiger charge is -2.33. The third-order valence-electron chi connectivity index (χ3n) is 8.50. The van der Waals surface area contributed by atoms with E-state index in [0.717, 1.165) is 49.4 Å². The number of nitriles is 1. The summed E-state index contributed by atoms with van der Waals surface area (Å²) in [5.41, 5.74) is 4.61. The number of fused-ring (bicyclic) bond motifs is 1. The first kappa shape index (κ1) is 30.8. The first-order valence-electron chi connectivity index (χ1n) is 15.1. The van der Waals surface area contributed by atoms with E-state index in [1.165, 1.54) is 18.3 Å². The maximum absolute atomic E-state index is 13.9. The molecule has 8 nitrogen and oxygen atoms in total. The van der Waals surface area contributed by atoms with E-state index in [0.29, 0.717) is 45.5 Å². The van der Waals surface area contributed by atoms with Crippen LogP contribution in [0.5, 0.6) is 0 Å². The van der Waals surface area contributed by atoms with Gasteiger partial charge in [0.25, 0.3) is 0 Å². The second kappa shape index (κ2) is 13.4. The van der Waals surface area contributed by atoms with Crippen LogP contribution in [0.2, 0.25) is 10.0 Å². The predicted molar refractivity (Wildman–Crippen MR) is 178 cm³/mol. The van der Waals surface area contributed by atoms with Crippen LogP contribution in [-0.2, 0) is 0 Å². The molecule has 5 aromatic rings. The van der Waals surface area contributed by atoms with Crippen molar-refractivity contribution < 1.29 is 4.39 Å². The molecule has 0 radical (unpaired) electrons. The Bertz CT molecular complexity index is 1850. The zero-order valence-corrected chi connectivity index (χ0v) is 26.6. The molecule has 230 valence electrons. The summed E-state index contributed by atoms with van der Waals surface area (Å²) in [6.07, 6.45) is 5.63. The number of anilines is 3. The van der Waals surface area contributed by atoms with Crippen LogP contribution in [0.15, 0.2) is 73.1 Å². The summed E-state index contributed by atoms with van der Waals surface area (Å²) < 4.78 is 15.9. The number of likely N-dealkylation sites (tertiary alicyclic amines) is 1. The Morgan fingerprint density at radius 3 is 2.53 bits per heavy atom. The Morgan fingerprint density at radius 2 is 1.84 bits per heavy atom. The molecule has 3 heterocycles. The van der Waals surface area contributed by atoms with Gasteiger partial charge < -0.3 is 15.1 Å². The van der Waals surface area contributed by atoms with E-state index in [9.17, 15) is 9.65 Å². The Labute approximate surface area is 272 Å². The standard InChI is InChI=1S/C34H33Cl2FN8/c1-3-43-14-12-25(13-15-43)45-21-31(41-42-45)34(22-8-6-5-7-9-22)44(4-2)26-17-27-32(40-24-10-11-30(37)28(35)16-24)23(19-38)20-39-33(27)29(36)18-26/h5-11,16-18,20-21,25,34H,3-4,12-15H2,1-2H3,(H,39,40). The van der Waals surface area contributed by atoms with Crippen LogP contribution in [-0.4, -0.2) is 51.1 Å². The second-order valence-electron chi connectivity index (χ2n) is 11.1. The highest BCUT2D eigenvalue weighted by molar-refractivity contribution is 6.36. The Hall–Kier alpha value is -4.23. The number of pyridine rings is 1. The third-order valence-corrected chi connectivity index (χ3v) is 9.08. The molecule has 1 unspecified atom stereocenters. The van der Waals surface area contributed by atoms with Crippen molar-refractivity contribution in [3.8, 4) is 6.07 Å². The SMILES string of the molecule is CCN1CCC(n2cc(C(c3ccccc3)N(CC)c3cc(Cl)c4ncc(C#N)c(Nc5ccc(F)c(Cl)c5)c4c3)nn2)CC1. The van der Waals surface area contributed by atoms with Crippen molar-refractivity contribution in [2.24, 2.45) is 0 Å². The van der Waals surface area contributed by atoms with Gasteiger partial charge in [-0.2, -0.15) is 5.26 Å². The van der Waals surface area contributed by atoms with E-state index >= 15 is 0 Å². The van der Waals surface area contributed by atoms with Crippen molar-refractivity contribution >= 4 is 51.2 Å². The number of hydrogen-bond donors (Lipinski definition) is 1. The highest BCUT2D eigenvalue weighted by Gasteiger charge is 2.28. The van der Waals surface area contributed by atoms with E-state index in [4.69, 9.17) is 28.3 Å². The molecular weight excluding hydrogens is 610 g/mol. The Morgan fingerprint density at radius 1 is 1.07 bits per heavy atom. The van der Waals surface area contributed by atoms with Crippen molar-refractivity contribution in [2.45, 2.75) is 38.8 Å². The number of rotatable bonds is 9. The number of nitrogens with one attached hydrogen (secondary N) is 1. The second-order valence-corrected chi connectivity index (χ2v) is 11.9. The fourth-order valence-corrected chi connectivity index (χ4v) is 6.55. The number of hydrogen-bond acceptors (Lipinski definition) is 7. The molecule has 1 fully saturated rings. The van der Waals surface area contributed by atoms with Gasteiger partial charge in [-0.1, -0.05) is 65.7 Å². The molecule has 1 aliphatic rings. The molecule has 1 aliphatic heterocycles. The number of halogens is 3. The van der Waals surface area contributed by atoms with Gasteiger partial charge in [0.2, 0.25) is 0 Å². The highest BCUT2D eigenvalue weighted by Crippen LogP contribution is 2.40. The molecule has 0 aliphatic carbocycles. The smallest absolute Gasteiger partial charge is 0.141 e. The lowest BCUT2D eigenvalue weighted by Crippen LogP contribution is -2.34. The summed E-state index contributed by atoms with van der Waals surface area (Å²) in [6.45, 7) is 8.08. The molecule has 1 N–H and O–H groups in total. The van der Waals surface area contributed by atoms with Crippen molar-refractivity contribution in [3.63, 3.8) is 0 Å². The van der Waals surface area contributed by atoms with Gasteiger partial charge in [-0.3, -0.25) is 4.98 Å². The number of benzene rings is 3. The lowest BCUT2D eigenvalue weighted by molar-refractivity contribution is 0.186. The number of nitrogens with zero attached hydrogens (tertiary/aromatic N) is 7. The average Bonchev–Trinajstić information content (AvgIpc) is 3.55. The normalized spacial score (nSPS) is 14.8. The molecule has 0 amide bonds. The van der Waals surface area contributed by atoms with E-state index in [-0.39, 0.29) is 11.1 Å². The minimum absolute atomic E-state index is 0.0255. The molecule has 45 heavy (non-hydrogen) atoms. The van der Waals surface area contributed by atoms with E-state index in [1.54, 1.807) is 6.07 Å². The third kappa shape index (κ3) is 6.32. The van der Waals surface area contributed by atoms with Crippen LogP contribution in [0, 0.1) is 17.1 Å². The summed E-state index contributed by atoms with van der Waals surface area (Å²) >= 11 is 13.0. The fraction of sp³-hybridized carbons (Fsp3) is 0.294. The molecule has 1 atom stereocenters. The van der Waals surface area contributed by atoms with Crippen molar-refractivity contribution in [2.75, 3.05) is 36.4 Å². The van der Waals surface area contributed by atoms with Gasteiger partial charge in [-0.05, 0) is 62.2 Å². The molecule has 3 aromatic carbocycles. The first-order chi connectivity index (χ1) is 21.9. The summed E-state index contributed by atoms with van der Waals surface area (Å²) in [4.78, 5) is 9.20. The van der Waals surface area contributed by atoms with Crippen LogP contribution in [0.3, 0.4) is 0 Å². The maximum atomic E-state index is 13.9. The van der Waals surface area contributed by atoms with Gasteiger partial charge in [0.1, 0.15) is 23.6 Å². The zero-order chi connectivity index (χ0) is 31.5. The Kier molecular flexibility index (Phi) is 9.17. The number of aromatic nitrogens is 4.